The summed E-state index contributed by atoms with van der Waals surface area (Å²) < 4.78 is 11.6. The first-order valence-electron chi connectivity index (χ1n) is 11.4. The van der Waals surface area contributed by atoms with E-state index in [1.54, 1.807) is 4.90 Å². The average Bonchev–Trinajstić information content (AvgIpc) is 2.80. The number of rotatable bonds is 5. The van der Waals surface area contributed by atoms with Gasteiger partial charge in [0.2, 0.25) is 0 Å². The second-order valence-electron chi connectivity index (χ2n) is 9.23. The lowest BCUT2D eigenvalue weighted by Crippen LogP contribution is -2.44. The maximum Gasteiger partial charge on any atom is 0.410 e. The first-order chi connectivity index (χ1) is 15.9. The van der Waals surface area contributed by atoms with Gasteiger partial charge in [0, 0.05) is 37.8 Å². The number of likely N-dealkylation sites (tertiary alicyclic amines) is 1. The number of benzene rings is 2. The number of aromatic nitrogens is 1. The number of amides is 1. The number of nitrogens with zero attached hydrogens (tertiary/aromatic N) is 2. The first kappa shape index (κ1) is 22.6. The van der Waals surface area contributed by atoms with E-state index in [0.29, 0.717) is 13.1 Å². The van der Waals surface area contributed by atoms with Crippen LogP contribution in [-0.4, -0.2) is 40.8 Å². The largest absolute Gasteiger partial charge is 0.490 e. The van der Waals surface area contributed by atoms with Gasteiger partial charge in [-0.15, -0.1) is 0 Å². The van der Waals surface area contributed by atoms with Gasteiger partial charge in [0.15, 0.2) is 0 Å². The highest BCUT2D eigenvalue weighted by Gasteiger charge is 2.27. The summed E-state index contributed by atoms with van der Waals surface area (Å²) in [6, 6.07) is 22.2. The third kappa shape index (κ3) is 6.48. The summed E-state index contributed by atoms with van der Waals surface area (Å²) in [6.45, 7) is 6.95. The Kier molecular flexibility index (Phi) is 6.82. The highest BCUT2D eigenvalue weighted by Crippen LogP contribution is 2.27. The molecule has 0 saturated carbocycles. The number of hydrogen-bond acceptors (Lipinski definition) is 5. The zero-order valence-electron chi connectivity index (χ0n) is 19.5. The number of para-hydroxylation sites is 1. The fraction of sp³-hybridized carbons (Fsp3) is 0.333. The van der Waals surface area contributed by atoms with Crippen molar-refractivity contribution in [3.05, 3.63) is 72.9 Å². The number of anilines is 2. The van der Waals surface area contributed by atoms with Crippen molar-refractivity contribution in [2.75, 3.05) is 18.4 Å². The minimum atomic E-state index is -0.473. The number of hydrogen-bond donors (Lipinski definition) is 1. The number of carbonyl (C=O) groups is 1. The zero-order chi connectivity index (χ0) is 23.3. The van der Waals surface area contributed by atoms with Crippen LogP contribution in [0.1, 0.15) is 33.6 Å². The standard InChI is InChI=1S/C27H31N3O3/c1-27(2,3)33-26(31)30-17-14-24(15-18-30)32-23-11-9-20(10-12-23)21-13-16-28-25(19-21)29-22-7-5-4-6-8-22/h4-13,16,19,24H,14-15,17-18H2,1-3H3,(H,28,29). The minimum Gasteiger partial charge on any atom is -0.490 e. The Morgan fingerprint density at radius 1 is 0.970 bits per heavy atom. The summed E-state index contributed by atoms with van der Waals surface area (Å²) in [5.74, 6) is 1.64. The molecule has 0 unspecified atom stereocenters. The van der Waals surface area contributed by atoms with Crippen LogP contribution in [-0.2, 0) is 4.74 Å². The lowest BCUT2D eigenvalue weighted by molar-refractivity contribution is 0.0126. The first-order valence-corrected chi connectivity index (χ1v) is 11.4. The zero-order valence-corrected chi connectivity index (χ0v) is 19.5. The summed E-state index contributed by atoms with van der Waals surface area (Å²) in [5, 5.41) is 3.33. The number of ether oxygens (including phenoxy) is 2. The maximum atomic E-state index is 12.2. The summed E-state index contributed by atoms with van der Waals surface area (Å²) in [6.07, 6.45) is 3.24. The molecule has 1 aliphatic rings. The second kappa shape index (κ2) is 9.94. The molecule has 1 saturated heterocycles. The third-order valence-corrected chi connectivity index (χ3v) is 5.39. The SMILES string of the molecule is CC(C)(C)OC(=O)N1CCC(Oc2ccc(-c3ccnc(Nc4ccccc4)c3)cc2)CC1. The maximum absolute atomic E-state index is 12.2. The highest BCUT2D eigenvalue weighted by molar-refractivity contribution is 5.69. The third-order valence-electron chi connectivity index (χ3n) is 5.39. The van der Waals surface area contributed by atoms with Crippen molar-refractivity contribution in [3.8, 4) is 16.9 Å². The van der Waals surface area contributed by atoms with Gasteiger partial charge in [0.25, 0.3) is 0 Å². The lowest BCUT2D eigenvalue weighted by Gasteiger charge is -2.33. The minimum absolute atomic E-state index is 0.0946. The summed E-state index contributed by atoms with van der Waals surface area (Å²) >= 11 is 0. The highest BCUT2D eigenvalue weighted by atomic mass is 16.6. The summed E-state index contributed by atoms with van der Waals surface area (Å²) in [7, 11) is 0. The van der Waals surface area contributed by atoms with Crippen LogP contribution in [0, 0.1) is 0 Å². The number of piperidine rings is 1. The van der Waals surface area contributed by atoms with Crippen LogP contribution in [0.2, 0.25) is 0 Å². The van der Waals surface area contributed by atoms with Crippen molar-refractivity contribution in [3.63, 3.8) is 0 Å². The molecular weight excluding hydrogens is 414 g/mol. The molecule has 1 aromatic heterocycles. The molecule has 3 aromatic rings. The van der Waals surface area contributed by atoms with Crippen LogP contribution in [0.4, 0.5) is 16.3 Å². The van der Waals surface area contributed by atoms with Gasteiger partial charge >= 0.3 is 6.09 Å². The van der Waals surface area contributed by atoms with Crippen molar-refractivity contribution < 1.29 is 14.3 Å². The van der Waals surface area contributed by atoms with Gasteiger partial charge in [-0.2, -0.15) is 0 Å². The Labute approximate surface area is 195 Å². The molecule has 2 aromatic carbocycles. The van der Waals surface area contributed by atoms with E-state index in [4.69, 9.17) is 9.47 Å². The fourth-order valence-corrected chi connectivity index (χ4v) is 3.75. The van der Waals surface area contributed by atoms with Crippen LogP contribution in [0.15, 0.2) is 72.9 Å². The van der Waals surface area contributed by atoms with Gasteiger partial charge in [-0.3, -0.25) is 0 Å². The van der Waals surface area contributed by atoms with Gasteiger partial charge in [-0.25, -0.2) is 9.78 Å². The molecule has 0 spiro atoms. The van der Waals surface area contributed by atoms with Crippen molar-refractivity contribution in [2.24, 2.45) is 0 Å². The molecule has 2 heterocycles. The molecule has 6 heteroatoms. The van der Waals surface area contributed by atoms with E-state index in [-0.39, 0.29) is 12.2 Å². The number of pyridine rings is 1. The van der Waals surface area contributed by atoms with Gasteiger partial charge in [-0.1, -0.05) is 30.3 Å². The second-order valence-corrected chi connectivity index (χ2v) is 9.23. The van der Waals surface area contributed by atoms with Crippen LogP contribution >= 0.6 is 0 Å². The molecule has 0 atom stereocenters. The molecule has 172 valence electrons. The Morgan fingerprint density at radius 2 is 1.67 bits per heavy atom. The molecule has 1 amide bonds. The molecular formula is C27H31N3O3. The Balaban J connectivity index is 1.32. The summed E-state index contributed by atoms with van der Waals surface area (Å²) in [4.78, 5) is 18.4. The molecule has 6 nitrogen and oxygen atoms in total. The van der Waals surface area contributed by atoms with Crippen LogP contribution < -0.4 is 10.1 Å². The molecule has 0 bridgehead atoms. The van der Waals surface area contributed by atoms with Gasteiger partial charge in [0.1, 0.15) is 23.3 Å². The average molecular weight is 446 g/mol. The van der Waals surface area contributed by atoms with Crippen LogP contribution in [0.3, 0.4) is 0 Å². The Bertz CT molecular complexity index is 1050. The van der Waals surface area contributed by atoms with Crippen molar-refractivity contribution >= 4 is 17.6 Å². The van der Waals surface area contributed by atoms with Crippen LogP contribution in [0.25, 0.3) is 11.1 Å². The van der Waals surface area contributed by atoms with E-state index in [1.807, 2.05) is 81.6 Å². The van der Waals surface area contributed by atoms with Gasteiger partial charge in [-0.05, 0) is 68.3 Å². The molecule has 33 heavy (non-hydrogen) atoms. The predicted molar refractivity (Wildman–Crippen MR) is 131 cm³/mol. The lowest BCUT2D eigenvalue weighted by atomic mass is 10.1. The fourth-order valence-electron chi connectivity index (χ4n) is 3.75. The van der Waals surface area contributed by atoms with E-state index in [2.05, 4.69) is 22.4 Å². The Hall–Kier alpha value is -3.54. The molecule has 1 N–H and O–H groups in total. The quantitative estimate of drug-likeness (QED) is 0.501. The van der Waals surface area contributed by atoms with E-state index < -0.39 is 5.60 Å². The van der Waals surface area contributed by atoms with Crippen molar-refractivity contribution in [2.45, 2.75) is 45.3 Å². The monoisotopic (exact) mass is 445 g/mol. The topological polar surface area (TPSA) is 63.7 Å². The van der Waals surface area contributed by atoms with Crippen LogP contribution in [0.5, 0.6) is 5.75 Å². The van der Waals surface area contributed by atoms with Crippen molar-refractivity contribution in [1.82, 2.24) is 9.88 Å². The smallest absolute Gasteiger partial charge is 0.410 e. The number of nitrogens with one attached hydrogen (secondary N) is 1. The molecule has 1 aliphatic heterocycles. The van der Waals surface area contributed by atoms with E-state index in [9.17, 15) is 4.79 Å². The van der Waals surface area contributed by atoms with E-state index in [1.165, 1.54) is 0 Å². The molecule has 0 radical (unpaired) electrons. The van der Waals surface area contributed by atoms with E-state index >= 15 is 0 Å². The van der Waals surface area contributed by atoms with Crippen molar-refractivity contribution in [1.29, 1.82) is 0 Å². The predicted octanol–water partition coefficient (Wildman–Crippen LogP) is 6.27. The number of carbonyl (C=O) groups excluding carboxylic acids is 1. The van der Waals surface area contributed by atoms with Gasteiger partial charge in [0.05, 0.1) is 0 Å². The normalized spacial score (nSPS) is 14.6. The molecule has 1 fully saturated rings. The Morgan fingerprint density at radius 3 is 2.33 bits per heavy atom. The molecule has 4 rings (SSSR count). The van der Waals surface area contributed by atoms with Gasteiger partial charge < -0.3 is 19.7 Å². The van der Waals surface area contributed by atoms with E-state index in [0.717, 1.165) is 41.2 Å². The molecule has 0 aliphatic carbocycles. The summed E-state index contributed by atoms with van der Waals surface area (Å²) in [5.41, 5.74) is 2.71.